The molecule has 0 spiro atoms. The third kappa shape index (κ3) is 4.89. The number of hydrogen-bond acceptors (Lipinski definition) is 4. The molecule has 0 saturated heterocycles. The first kappa shape index (κ1) is 19.6. The van der Waals surface area contributed by atoms with Crippen LogP contribution in [0, 0.1) is 6.92 Å². The van der Waals surface area contributed by atoms with Crippen molar-refractivity contribution >= 4 is 10.1 Å². The van der Waals surface area contributed by atoms with E-state index in [1.54, 1.807) is 19.2 Å². The smallest absolute Gasteiger partial charge is 0.294 e. The van der Waals surface area contributed by atoms with Gasteiger partial charge in [0.2, 0.25) is 0 Å². The van der Waals surface area contributed by atoms with Crippen molar-refractivity contribution < 1.29 is 22.4 Å². The van der Waals surface area contributed by atoms with Gasteiger partial charge in [-0.15, -0.1) is 0 Å². The Labute approximate surface area is 149 Å². The third-order valence-electron chi connectivity index (χ3n) is 4.25. The van der Waals surface area contributed by atoms with Crippen LogP contribution in [-0.2, 0) is 19.6 Å². The fourth-order valence-corrected chi connectivity index (χ4v) is 3.52. The Morgan fingerprint density at radius 1 is 1.04 bits per heavy atom. The highest BCUT2D eigenvalue weighted by Gasteiger charge is 2.21. The molecule has 0 aliphatic carbocycles. The highest BCUT2D eigenvalue weighted by Crippen LogP contribution is 2.31. The van der Waals surface area contributed by atoms with Crippen molar-refractivity contribution in [2.75, 3.05) is 13.9 Å². The normalized spacial score (nSPS) is 14.3. The van der Waals surface area contributed by atoms with Crippen LogP contribution in [0.1, 0.15) is 48.1 Å². The van der Waals surface area contributed by atoms with Gasteiger partial charge in [-0.05, 0) is 36.6 Å². The molecule has 0 aromatic heterocycles. The van der Waals surface area contributed by atoms with Gasteiger partial charge in [-0.25, -0.2) is 0 Å². The van der Waals surface area contributed by atoms with Crippen molar-refractivity contribution in [1.82, 2.24) is 0 Å². The molecule has 2 rings (SSSR count). The molecule has 25 heavy (non-hydrogen) atoms. The summed E-state index contributed by atoms with van der Waals surface area (Å²) in [6.07, 6.45) is -0.100. The first-order valence-electron chi connectivity index (χ1n) is 8.02. The Morgan fingerprint density at radius 3 is 2.20 bits per heavy atom. The van der Waals surface area contributed by atoms with E-state index >= 15 is 0 Å². The predicted octanol–water partition coefficient (Wildman–Crippen LogP) is 4.08. The molecule has 5 nitrogen and oxygen atoms in total. The maximum atomic E-state index is 11.7. The van der Waals surface area contributed by atoms with Crippen LogP contribution in [0.3, 0.4) is 0 Å². The number of methoxy groups -OCH3 is 1. The van der Waals surface area contributed by atoms with Gasteiger partial charge in [0.25, 0.3) is 10.1 Å². The molecule has 0 bridgehead atoms. The number of rotatable bonds is 7. The van der Waals surface area contributed by atoms with Crippen molar-refractivity contribution in [3.63, 3.8) is 0 Å². The van der Waals surface area contributed by atoms with Gasteiger partial charge in [0, 0.05) is 13.0 Å². The van der Waals surface area contributed by atoms with Crippen molar-refractivity contribution in [3.05, 3.63) is 64.7 Å². The van der Waals surface area contributed by atoms with E-state index in [-0.39, 0.29) is 23.7 Å². The van der Waals surface area contributed by atoms with Crippen molar-refractivity contribution in [1.29, 1.82) is 0 Å². The highest BCUT2D eigenvalue weighted by atomic mass is 32.2. The Hall–Kier alpha value is -1.73. The monoisotopic (exact) mass is 364 g/mol. The molecule has 6 heteroatoms. The molecule has 0 aliphatic rings. The predicted molar refractivity (Wildman–Crippen MR) is 96.3 cm³/mol. The molecule has 0 saturated carbocycles. The second kappa shape index (κ2) is 8.10. The number of aryl methyl sites for hydroxylation is 1. The summed E-state index contributed by atoms with van der Waals surface area (Å²) in [6.45, 7) is 5.97. The van der Waals surface area contributed by atoms with Crippen LogP contribution in [0.2, 0.25) is 0 Å². The SMILES string of the molecule is COCOC(C)c1ccc(C(C)c2cc(C)ccc2S(=O)(=O)O)cc1. The zero-order valence-electron chi connectivity index (χ0n) is 14.9. The lowest BCUT2D eigenvalue weighted by atomic mass is 9.91. The van der Waals surface area contributed by atoms with Crippen LogP contribution in [0.15, 0.2) is 47.4 Å². The minimum Gasteiger partial charge on any atom is -0.359 e. The van der Waals surface area contributed by atoms with Crippen LogP contribution < -0.4 is 0 Å². The fraction of sp³-hybridized carbons (Fsp3) is 0.368. The van der Waals surface area contributed by atoms with E-state index in [2.05, 4.69) is 0 Å². The Morgan fingerprint density at radius 2 is 1.64 bits per heavy atom. The summed E-state index contributed by atoms with van der Waals surface area (Å²) in [6, 6.07) is 12.7. The van der Waals surface area contributed by atoms with Crippen LogP contribution in [0.4, 0.5) is 0 Å². The fourth-order valence-electron chi connectivity index (χ4n) is 2.74. The Balaban J connectivity index is 2.32. The van der Waals surface area contributed by atoms with Crippen LogP contribution in [0.5, 0.6) is 0 Å². The molecule has 0 radical (unpaired) electrons. The Kier molecular flexibility index (Phi) is 6.35. The Bertz CT molecular complexity index is 812. The summed E-state index contributed by atoms with van der Waals surface area (Å²) < 4.78 is 43.3. The molecule has 0 amide bonds. The first-order valence-corrected chi connectivity index (χ1v) is 9.46. The van der Waals surface area contributed by atoms with Gasteiger partial charge in [0.05, 0.1) is 11.0 Å². The largest absolute Gasteiger partial charge is 0.359 e. The molecule has 2 atom stereocenters. The van der Waals surface area contributed by atoms with Crippen molar-refractivity contribution in [3.8, 4) is 0 Å². The molecule has 1 N–H and O–H groups in total. The van der Waals surface area contributed by atoms with E-state index in [9.17, 15) is 13.0 Å². The van der Waals surface area contributed by atoms with Crippen molar-refractivity contribution in [2.24, 2.45) is 0 Å². The lowest BCUT2D eigenvalue weighted by Gasteiger charge is -2.18. The second-order valence-electron chi connectivity index (χ2n) is 6.12. The van der Waals surface area contributed by atoms with E-state index in [1.807, 2.05) is 45.0 Å². The molecule has 2 unspecified atom stereocenters. The van der Waals surface area contributed by atoms with Crippen LogP contribution in [-0.4, -0.2) is 26.9 Å². The van der Waals surface area contributed by atoms with E-state index in [4.69, 9.17) is 9.47 Å². The summed E-state index contributed by atoms with van der Waals surface area (Å²) in [4.78, 5) is -0.0496. The minimum absolute atomic E-state index is 0.0496. The average Bonchev–Trinajstić information content (AvgIpc) is 2.58. The summed E-state index contributed by atoms with van der Waals surface area (Å²) in [7, 11) is -2.69. The number of benzene rings is 2. The molecule has 0 fully saturated rings. The summed E-state index contributed by atoms with van der Waals surface area (Å²) >= 11 is 0. The maximum Gasteiger partial charge on any atom is 0.294 e. The van der Waals surface area contributed by atoms with Gasteiger partial charge >= 0.3 is 0 Å². The lowest BCUT2D eigenvalue weighted by Crippen LogP contribution is -2.08. The van der Waals surface area contributed by atoms with E-state index in [1.165, 1.54) is 6.07 Å². The van der Waals surface area contributed by atoms with Crippen molar-refractivity contribution in [2.45, 2.75) is 37.7 Å². The second-order valence-corrected chi connectivity index (χ2v) is 7.51. The first-order chi connectivity index (χ1) is 11.7. The number of hydrogen-bond donors (Lipinski definition) is 1. The zero-order chi connectivity index (χ0) is 18.6. The van der Waals surface area contributed by atoms with E-state index in [0.717, 1.165) is 16.7 Å². The van der Waals surface area contributed by atoms with Gasteiger partial charge in [-0.3, -0.25) is 4.55 Å². The zero-order valence-corrected chi connectivity index (χ0v) is 15.7. The summed E-state index contributed by atoms with van der Waals surface area (Å²) in [5.74, 6) is -0.180. The quantitative estimate of drug-likeness (QED) is 0.592. The van der Waals surface area contributed by atoms with E-state index < -0.39 is 10.1 Å². The molecule has 136 valence electrons. The van der Waals surface area contributed by atoms with Crippen LogP contribution >= 0.6 is 0 Å². The maximum absolute atomic E-state index is 11.7. The molecule has 0 heterocycles. The van der Waals surface area contributed by atoms with E-state index in [0.29, 0.717) is 5.56 Å². The molecule has 0 aliphatic heterocycles. The standard InChI is InChI=1S/C19H24O5S/c1-13-5-10-19(25(20,21)22)18(11-13)14(2)16-6-8-17(9-7-16)15(3)24-12-23-4/h5-11,14-15H,12H2,1-4H3,(H,20,21,22). The third-order valence-corrected chi connectivity index (χ3v) is 5.18. The summed E-state index contributed by atoms with van der Waals surface area (Å²) in [5.41, 5.74) is 3.48. The topological polar surface area (TPSA) is 72.8 Å². The van der Waals surface area contributed by atoms with Gasteiger partial charge in [0.15, 0.2) is 0 Å². The highest BCUT2D eigenvalue weighted by molar-refractivity contribution is 7.85. The molecule has 2 aromatic carbocycles. The van der Waals surface area contributed by atoms with Gasteiger partial charge in [0.1, 0.15) is 6.79 Å². The van der Waals surface area contributed by atoms with Crippen LogP contribution in [0.25, 0.3) is 0 Å². The summed E-state index contributed by atoms with van der Waals surface area (Å²) in [5, 5.41) is 0. The average molecular weight is 364 g/mol. The van der Waals surface area contributed by atoms with Gasteiger partial charge < -0.3 is 9.47 Å². The minimum atomic E-state index is -4.27. The number of ether oxygens (including phenoxy) is 2. The van der Waals surface area contributed by atoms with Gasteiger partial charge in [-0.2, -0.15) is 8.42 Å². The van der Waals surface area contributed by atoms with Gasteiger partial charge in [-0.1, -0.05) is 48.9 Å². The molecular weight excluding hydrogens is 340 g/mol. The lowest BCUT2D eigenvalue weighted by molar-refractivity contribution is -0.0666. The molecular formula is C19H24O5S. The molecule has 2 aromatic rings.